The van der Waals surface area contributed by atoms with E-state index in [0.717, 1.165) is 31.9 Å². The van der Waals surface area contributed by atoms with Crippen LogP contribution in [0, 0.1) is 13.8 Å². The Morgan fingerprint density at radius 3 is 2.42 bits per heavy atom. The molecule has 3 nitrogen and oxygen atoms in total. The first-order chi connectivity index (χ1) is 12.5. The molecule has 0 saturated carbocycles. The zero-order valence-corrected chi connectivity index (χ0v) is 16.8. The summed E-state index contributed by atoms with van der Waals surface area (Å²) in [7, 11) is 1.75. The van der Waals surface area contributed by atoms with E-state index in [0.29, 0.717) is 12.1 Å². The predicted octanol–water partition coefficient (Wildman–Crippen LogP) is 4.58. The van der Waals surface area contributed by atoms with E-state index < -0.39 is 0 Å². The second kappa shape index (κ2) is 8.24. The van der Waals surface area contributed by atoms with Gasteiger partial charge in [0.1, 0.15) is 5.75 Å². The van der Waals surface area contributed by atoms with E-state index in [2.05, 4.69) is 80.0 Å². The molecule has 1 fully saturated rings. The van der Waals surface area contributed by atoms with Gasteiger partial charge in [-0.3, -0.25) is 9.80 Å². The van der Waals surface area contributed by atoms with Gasteiger partial charge in [0.05, 0.1) is 7.11 Å². The van der Waals surface area contributed by atoms with Crippen molar-refractivity contribution >= 4 is 0 Å². The fraction of sp³-hybridized carbons (Fsp3) is 0.478. The zero-order chi connectivity index (χ0) is 18.7. The molecule has 1 aliphatic heterocycles. The van der Waals surface area contributed by atoms with Gasteiger partial charge >= 0.3 is 0 Å². The Morgan fingerprint density at radius 1 is 1.04 bits per heavy atom. The van der Waals surface area contributed by atoms with E-state index >= 15 is 0 Å². The molecule has 0 bridgehead atoms. The Bertz CT molecular complexity index is 728. The summed E-state index contributed by atoms with van der Waals surface area (Å²) in [6, 6.07) is 16.1. The molecule has 0 N–H and O–H groups in total. The molecule has 1 heterocycles. The molecule has 0 amide bonds. The van der Waals surface area contributed by atoms with E-state index in [1.54, 1.807) is 7.11 Å². The number of hydrogen-bond donors (Lipinski definition) is 0. The van der Waals surface area contributed by atoms with Crippen LogP contribution in [0.5, 0.6) is 5.75 Å². The number of rotatable bonds is 5. The Kier molecular flexibility index (Phi) is 6.00. The quantitative estimate of drug-likeness (QED) is 0.783. The maximum Gasteiger partial charge on any atom is 0.122 e. The summed E-state index contributed by atoms with van der Waals surface area (Å²) < 4.78 is 5.48. The third-order valence-corrected chi connectivity index (χ3v) is 5.96. The highest BCUT2D eigenvalue weighted by Crippen LogP contribution is 2.32. The standard InChI is InChI=1S/C23H32N2O/c1-17-15-24(16-21-9-7-6-8-10-21)13-14-25(17)20(4)22-11-12-23(26-5)19(3)18(22)2/h6-12,17,20H,13-16H2,1-5H3/t17-,20+/m0/s1. The van der Waals surface area contributed by atoms with Gasteiger partial charge in [-0.05, 0) is 56.0 Å². The smallest absolute Gasteiger partial charge is 0.122 e. The predicted molar refractivity (Wildman–Crippen MR) is 109 cm³/mol. The second-order valence-corrected chi connectivity index (χ2v) is 7.59. The lowest BCUT2D eigenvalue weighted by Gasteiger charge is -2.43. The van der Waals surface area contributed by atoms with Crippen molar-refractivity contribution in [2.45, 2.75) is 46.3 Å². The van der Waals surface area contributed by atoms with Crippen LogP contribution in [0.15, 0.2) is 42.5 Å². The third kappa shape index (κ3) is 3.94. The van der Waals surface area contributed by atoms with Crippen LogP contribution in [0.2, 0.25) is 0 Å². The average Bonchev–Trinajstić information content (AvgIpc) is 2.64. The SMILES string of the molecule is COc1ccc([C@@H](C)N2CCN(Cc3ccccc3)C[C@@H]2C)c(C)c1C. The summed E-state index contributed by atoms with van der Waals surface area (Å²) in [4.78, 5) is 5.23. The van der Waals surface area contributed by atoms with Crippen LogP contribution in [0.1, 0.15) is 42.1 Å². The first-order valence-electron chi connectivity index (χ1n) is 9.67. The molecule has 1 saturated heterocycles. The Morgan fingerprint density at radius 2 is 1.77 bits per heavy atom. The fourth-order valence-electron chi connectivity index (χ4n) is 4.28. The average molecular weight is 353 g/mol. The summed E-state index contributed by atoms with van der Waals surface area (Å²) in [6.45, 7) is 13.5. The highest BCUT2D eigenvalue weighted by atomic mass is 16.5. The highest BCUT2D eigenvalue weighted by molar-refractivity contribution is 5.44. The van der Waals surface area contributed by atoms with Gasteiger partial charge in [0.15, 0.2) is 0 Å². The van der Waals surface area contributed by atoms with Crippen LogP contribution >= 0.6 is 0 Å². The zero-order valence-electron chi connectivity index (χ0n) is 16.8. The van der Waals surface area contributed by atoms with Crippen molar-refractivity contribution in [2.75, 3.05) is 26.7 Å². The monoisotopic (exact) mass is 352 g/mol. The molecule has 2 atom stereocenters. The van der Waals surface area contributed by atoms with Crippen molar-refractivity contribution in [1.82, 2.24) is 9.80 Å². The Hall–Kier alpha value is -1.84. The van der Waals surface area contributed by atoms with Gasteiger partial charge in [-0.15, -0.1) is 0 Å². The summed E-state index contributed by atoms with van der Waals surface area (Å²) >= 11 is 0. The van der Waals surface area contributed by atoms with Crippen molar-refractivity contribution in [3.63, 3.8) is 0 Å². The van der Waals surface area contributed by atoms with Crippen molar-refractivity contribution in [3.05, 3.63) is 64.7 Å². The molecule has 1 aliphatic rings. The van der Waals surface area contributed by atoms with Gasteiger partial charge in [0.2, 0.25) is 0 Å². The highest BCUT2D eigenvalue weighted by Gasteiger charge is 2.29. The van der Waals surface area contributed by atoms with Gasteiger partial charge < -0.3 is 4.74 Å². The molecule has 0 aromatic heterocycles. The molecular weight excluding hydrogens is 320 g/mol. The van der Waals surface area contributed by atoms with Crippen LogP contribution in [0.3, 0.4) is 0 Å². The minimum atomic E-state index is 0.425. The lowest BCUT2D eigenvalue weighted by Crippen LogP contribution is -2.52. The van der Waals surface area contributed by atoms with E-state index in [1.807, 2.05) is 0 Å². The van der Waals surface area contributed by atoms with Gasteiger partial charge in [-0.25, -0.2) is 0 Å². The number of benzene rings is 2. The molecular formula is C23H32N2O. The van der Waals surface area contributed by atoms with E-state index in [1.165, 1.54) is 22.3 Å². The van der Waals surface area contributed by atoms with E-state index in [9.17, 15) is 0 Å². The van der Waals surface area contributed by atoms with Crippen LogP contribution in [0.4, 0.5) is 0 Å². The molecule has 140 valence electrons. The number of methoxy groups -OCH3 is 1. The molecule has 3 heteroatoms. The summed E-state index contributed by atoms with van der Waals surface area (Å²) in [5.74, 6) is 0.985. The van der Waals surface area contributed by atoms with Crippen LogP contribution in [-0.2, 0) is 6.54 Å². The number of ether oxygens (including phenoxy) is 1. The first kappa shape index (κ1) is 18.9. The van der Waals surface area contributed by atoms with Gasteiger partial charge in [0, 0.05) is 38.3 Å². The number of hydrogen-bond acceptors (Lipinski definition) is 3. The number of nitrogens with zero attached hydrogens (tertiary/aromatic N) is 2. The van der Waals surface area contributed by atoms with Crippen molar-refractivity contribution < 1.29 is 4.74 Å². The van der Waals surface area contributed by atoms with Gasteiger partial charge in [-0.1, -0.05) is 36.4 Å². The van der Waals surface area contributed by atoms with Crippen LogP contribution in [0.25, 0.3) is 0 Å². The molecule has 0 radical (unpaired) electrons. The molecule has 26 heavy (non-hydrogen) atoms. The van der Waals surface area contributed by atoms with Gasteiger partial charge in [-0.2, -0.15) is 0 Å². The van der Waals surface area contributed by atoms with Crippen LogP contribution in [-0.4, -0.2) is 42.6 Å². The minimum absolute atomic E-state index is 0.425. The van der Waals surface area contributed by atoms with Gasteiger partial charge in [0.25, 0.3) is 0 Å². The van der Waals surface area contributed by atoms with Crippen molar-refractivity contribution in [1.29, 1.82) is 0 Å². The maximum atomic E-state index is 5.48. The molecule has 2 aromatic carbocycles. The second-order valence-electron chi connectivity index (χ2n) is 7.59. The van der Waals surface area contributed by atoms with Crippen molar-refractivity contribution in [2.24, 2.45) is 0 Å². The molecule has 0 spiro atoms. The van der Waals surface area contributed by atoms with Crippen molar-refractivity contribution in [3.8, 4) is 5.75 Å². The summed E-state index contributed by atoms with van der Waals surface area (Å²) in [6.07, 6.45) is 0. The Balaban J connectivity index is 1.68. The van der Waals surface area contributed by atoms with Crippen LogP contribution < -0.4 is 4.74 Å². The lowest BCUT2D eigenvalue weighted by atomic mass is 9.95. The molecule has 3 rings (SSSR count). The normalized spacial score (nSPS) is 20.1. The first-order valence-corrected chi connectivity index (χ1v) is 9.67. The Labute approximate surface area is 158 Å². The molecule has 0 unspecified atom stereocenters. The minimum Gasteiger partial charge on any atom is -0.496 e. The topological polar surface area (TPSA) is 15.7 Å². The third-order valence-electron chi connectivity index (χ3n) is 5.96. The summed E-state index contributed by atoms with van der Waals surface area (Å²) in [5.41, 5.74) is 5.44. The maximum absolute atomic E-state index is 5.48. The van der Waals surface area contributed by atoms with E-state index in [4.69, 9.17) is 4.74 Å². The largest absolute Gasteiger partial charge is 0.496 e. The van der Waals surface area contributed by atoms with E-state index in [-0.39, 0.29) is 0 Å². The molecule has 2 aromatic rings. The lowest BCUT2D eigenvalue weighted by molar-refractivity contribution is 0.0502. The molecule has 0 aliphatic carbocycles. The fourth-order valence-corrected chi connectivity index (χ4v) is 4.28. The summed E-state index contributed by atoms with van der Waals surface area (Å²) in [5, 5.41) is 0. The number of piperazine rings is 1.